The number of ether oxygens (including phenoxy) is 1. The first-order valence-electron chi connectivity index (χ1n) is 7.43. The molecule has 0 fully saturated rings. The molecule has 0 saturated carbocycles. The Hall–Kier alpha value is -2.33. The number of nitrogens with one attached hydrogen (secondary N) is 1. The van der Waals surface area contributed by atoms with E-state index in [1.54, 1.807) is 19.1 Å². The van der Waals surface area contributed by atoms with Gasteiger partial charge in [0, 0.05) is 16.6 Å². The number of amides is 1. The fourth-order valence-electron chi connectivity index (χ4n) is 2.94. The molecule has 0 spiro atoms. The lowest BCUT2D eigenvalue weighted by molar-refractivity contribution is -0.151. The number of carbonyl (C=O) groups excluding carboxylic acids is 2. The van der Waals surface area contributed by atoms with Crippen molar-refractivity contribution < 1.29 is 14.3 Å². The van der Waals surface area contributed by atoms with Crippen LogP contribution in [0.2, 0.25) is 5.02 Å². The summed E-state index contributed by atoms with van der Waals surface area (Å²) < 4.78 is 5.12. The van der Waals surface area contributed by atoms with Crippen LogP contribution in [0.15, 0.2) is 48.5 Å². The number of benzene rings is 2. The summed E-state index contributed by atoms with van der Waals surface area (Å²) in [5.41, 5.74) is 2.47. The van der Waals surface area contributed by atoms with Crippen LogP contribution in [0, 0.1) is 5.92 Å². The van der Waals surface area contributed by atoms with E-state index in [0.29, 0.717) is 5.02 Å². The van der Waals surface area contributed by atoms with Crippen molar-refractivity contribution in [2.75, 3.05) is 11.9 Å². The minimum absolute atomic E-state index is 0.234. The van der Waals surface area contributed by atoms with Crippen LogP contribution in [0.4, 0.5) is 5.69 Å². The van der Waals surface area contributed by atoms with Gasteiger partial charge in [-0.3, -0.25) is 9.59 Å². The Morgan fingerprint density at radius 2 is 1.87 bits per heavy atom. The quantitative estimate of drug-likeness (QED) is 0.691. The van der Waals surface area contributed by atoms with E-state index < -0.39 is 17.8 Å². The highest BCUT2D eigenvalue weighted by Crippen LogP contribution is 2.41. The number of rotatable bonds is 3. The van der Waals surface area contributed by atoms with E-state index in [1.807, 2.05) is 36.4 Å². The first-order chi connectivity index (χ1) is 11.1. The number of carbonyl (C=O) groups is 2. The second kappa shape index (κ2) is 6.42. The van der Waals surface area contributed by atoms with Gasteiger partial charge in [-0.15, -0.1) is 0 Å². The van der Waals surface area contributed by atoms with Crippen LogP contribution in [0.5, 0.6) is 0 Å². The highest BCUT2D eigenvalue weighted by Gasteiger charge is 2.42. The lowest BCUT2D eigenvalue weighted by Crippen LogP contribution is -2.40. The van der Waals surface area contributed by atoms with Crippen LogP contribution in [0.25, 0.3) is 0 Å². The van der Waals surface area contributed by atoms with Crippen LogP contribution in [-0.4, -0.2) is 18.5 Å². The maximum absolute atomic E-state index is 12.5. The van der Waals surface area contributed by atoms with Crippen molar-refractivity contribution in [1.82, 2.24) is 0 Å². The van der Waals surface area contributed by atoms with E-state index in [0.717, 1.165) is 16.8 Å². The molecule has 2 aromatic carbocycles. The Kier molecular flexibility index (Phi) is 4.35. The fraction of sp³-hybridized carbons (Fsp3) is 0.222. The molecular formula is C18H16ClNO3. The van der Waals surface area contributed by atoms with Crippen LogP contribution in [-0.2, 0) is 14.3 Å². The van der Waals surface area contributed by atoms with Gasteiger partial charge in [0.05, 0.1) is 6.61 Å². The Labute approximate surface area is 139 Å². The van der Waals surface area contributed by atoms with Crippen LogP contribution in [0.3, 0.4) is 0 Å². The van der Waals surface area contributed by atoms with Crippen molar-refractivity contribution in [3.05, 3.63) is 64.7 Å². The van der Waals surface area contributed by atoms with Gasteiger partial charge < -0.3 is 10.1 Å². The van der Waals surface area contributed by atoms with Gasteiger partial charge in [-0.2, -0.15) is 0 Å². The number of hydrogen-bond donors (Lipinski definition) is 1. The number of anilines is 1. The number of halogens is 1. The molecule has 0 saturated heterocycles. The molecule has 0 bridgehead atoms. The number of fused-ring (bicyclic) bond motifs is 1. The van der Waals surface area contributed by atoms with E-state index in [9.17, 15) is 9.59 Å². The maximum Gasteiger partial charge on any atom is 0.319 e. The van der Waals surface area contributed by atoms with Gasteiger partial charge in [-0.05, 0) is 36.2 Å². The Morgan fingerprint density at radius 1 is 1.17 bits per heavy atom. The van der Waals surface area contributed by atoms with Crippen molar-refractivity contribution in [3.8, 4) is 0 Å². The molecule has 0 radical (unpaired) electrons. The molecule has 5 heteroatoms. The van der Waals surface area contributed by atoms with E-state index in [4.69, 9.17) is 16.3 Å². The standard InChI is InChI=1S/C18H16ClNO3/c1-2-23-18(22)16-15(11-7-9-12(19)10-8-11)13-5-3-4-6-14(13)20-17(16)21/h3-10,15-16H,2H2,1H3,(H,20,21). The van der Waals surface area contributed by atoms with E-state index >= 15 is 0 Å². The van der Waals surface area contributed by atoms with E-state index in [-0.39, 0.29) is 12.5 Å². The van der Waals surface area contributed by atoms with Gasteiger partial charge in [0.25, 0.3) is 0 Å². The molecule has 2 atom stereocenters. The molecule has 118 valence electrons. The molecule has 0 aromatic heterocycles. The summed E-state index contributed by atoms with van der Waals surface area (Å²) in [5.74, 6) is -2.16. The molecule has 23 heavy (non-hydrogen) atoms. The van der Waals surface area contributed by atoms with Crippen LogP contribution in [0.1, 0.15) is 24.0 Å². The number of hydrogen-bond acceptors (Lipinski definition) is 3. The summed E-state index contributed by atoms with van der Waals surface area (Å²) in [4.78, 5) is 24.8. The zero-order valence-corrected chi connectivity index (χ0v) is 13.3. The average Bonchev–Trinajstić information content (AvgIpc) is 2.54. The van der Waals surface area contributed by atoms with Gasteiger partial charge in [0.2, 0.25) is 5.91 Å². The molecule has 2 aromatic rings. The summed E-state index contributed by atoms with van der Waals surface area (Å²) in [6.45, 7) is 1.96. The van der Waals surface area contributed by atoms with Gasteiger partial charge in [0.15, 0.2) is 0 Å². The fourth-order valence-corrected chi connectivity index (χ4v) is 3.07. The molecule has 2 unspecified atom stereocenters. The van der Waals surface area contributed by atoms with Gasteiger partial charge in [-0.1, -0.05) is 41.9 Å². The molecule has 1 aliphatic rings. The molecule has 1 heterocycles. The molecule has 3 rings (SSSR count). The Morgan fingerprint density at radius 3 is 2.57 bits per heavy atom. The number of para-hydroxylation sites is 1. The zero-order valence-electron chi connectivity index (χ0n) is 12.6. The summed E-state index contributed by atoms with van der Waals surface area (Å²) in [7, 11) is 0. The number of esters is 1. The molecular weight excluding hydrogens is 314 g/mol. The van der Waals surface area contributed by atoms with Crippen molar-refractivity contribution in [1.29, 1.82) is 0 Å². The first-order valence-corrected chi connectivity index (χ1v) is 7.81. The van der Waals surface area contributed by atoms with Crippen molar-refractivity contribution in [2.24, 2.45) is 5.92 Å². The summed E-state index contributed by atoms with van der Waals surface area (Å²) >= 11 is 5.96. The zero-order chi connectivity index (χ0) is 16.4. The van der Waals surface area contributed by atoms with Gasteiger partial charge in [0.1, 0.15) is 5.92 Å². The van der Waals surface area contributed by atoms with E-state index in [2.05, 4.69) is 5.32 Å². The average molecular weight is 330 g/mol. The predicted molar refractivity (Wildman–Crippen MR) is 88.5 cm³/mol. The molecule has 1 aliphatic heterocycles. The van der Waals surface area contributed by atoms with Crippen molar-refractivity contribution in [3.63, 3.8) is 0 Å². The van der Waals surface area contributed by atoms with E-state index in [1.165, 1.54) is 0 Å². The van der Waals surface area contributed by atoms with Gasteiger partial charge >= 0.3 is 5.97 Å². The Balaban J connectivity index is 2.12. The summed E-state index contributed by atoms with van der Waals surface area (Å²) in [6, 6.07) is 14.7. The molecule has 4 nitrogen and oxygen atoms in total. The minimum Gasteiger partial charge on any atom is -0.465 e. The first kappa shape index (κ1) is 15.6. The van der Waals surface area contributed by atoms with Crippen molar-refractivity contribution in [2.45, 2.75) is 12.8 Å². The highest BCUT2D eigenvalue weighted by atomic mass is 35.5. The Bertz CT molecular complexity index is 742. The van der Waals surface area contributed by atoms with Crippen LogP contribution >= 0.6 is 11.6 Å². The third-order valence-corrected chi connectivity index (χ3v) is 4.19. The minimum atomic E-state index is -0.911. The third-order valence-electron chi connectivity index (χ3n) is 3.94. The third kappa shape index (κ3) is 2.94. The summed E-state index contributed by atoms with van der Waals surface area (Å²) in [6.07, 6.45) is 0. The highest BCUT2D eigenvalue weighted by molar-refractivity contribution is 6.30. The maximum atomic E-state index is 12.5. The predicted octanol–water partition coefficient (Wildman–Crippen LogP) is 3.60. The largest absolute Gasteiger partial charge is 0.465 e. The lowest BCUT2D eigenvalue weighted by Gasteiger charge is -2.32. The topological polar surface area (TPSA) is 55.4 Å². The summed E-state index contributed by atoms with van der Waals surface area (Å²) in [5, 5.41) is 3.40. The van der Waals surface area contributed by atoms with Crippen molar-refractivity contribution >= 4 is 29.2 Å². The SMILES string of the molecule is CCOC(=O)C1C(=O)Nc2ccccc2C1c1ccc(Cl)cc1. The molecule has 1 amide bonds. The second-order valence-electron chi connectivity index (χ2n) is 5.34. The monoisotopic (exact) mass is 329 g/mol. The van der Waals surface area contributed by atoms with Gasteiger partial charge in [-0.25, -0.2) is 0 Å². The lowest BCUT2D eigenvalue weighted by atomic mass is 9.77. The normalized spacial score (nSPS) is 19.7. The second-order valence-corrected chi connectivity index (χ2v) is 5.77. The molecule has 1 N–H and O–H groups in total. The smallest absolute Gasteiger partial charge is 0.319 e. The van der Waals surface area contributed by atoms with Crippen LogP contribution < -0.4 is 5.32 Å². The molecule has 0 aliphatic carbocycles.